The van der Waals surface area contributed by atoms with Crippen LogP contribution in [0.2, 0.25) is 0 Å². The van der Waals surface area contributed by atoms with E-state index in [1.54, 1.807) is 0 Å². The molecular weight excluding hydrogens is 198 g/mol. The van der Waals surface area contributed by atoms with Crippen molar-refractivity contribution in [2.75, 3.05) is 6.61 Å². The standard InChI is InChI=1S/C11H16ClNO/c1-4-5-14-11-10(7-12)8(2)6-9(3)13-11/h6H,4-5,7H2,1-3H3. The molecule has 0 amide bonds. The second-order valence-electron chi connectivity index (χ2n) is 3.35. The molecule has 3 heteroatoms. The molecule has 0 unspecified atom stereocenters. The molecule has 0 aliphatic carbocycles. The first kappa shape index (κ1) is 11.3. The number of hydrogen-bond donors (Lipinski definition) is 0. The third-order valence-electron chi connectivity index (χ3n) is 2.01. The van der Waals surface area contributed by atoms with Gasteiger partial charge in [0.25, 0.3) is 0 Å². The molecule has 1 aromatic rings. The molecule has 0 aromatic carbocycles. The van der Waals surface area contributed by atoms with Crippen LogP contribution in [0.25, 0.3) is 0 Å². The zero-order valence-electron chi connectivity index (χ0n) is 8.93. The molecule has 0 atom stereocenters. The van der Waals surface area contributed by atoms with Crippen molar-refractivity contribution in [1.29, 1.82) is 0 Å². The number of rotatable bonds is 4. The van der Waals surface area contributed by atoms with Gasteiger partial charge in [-0.3, -0.25) is 0 Å². The third kappa shape index (κ3) is 2.61. The van der Waals surface area contributed by atoms with Crippen molar-refractivity contribution in [2.24, 2.45) is 0 Å². The summed E-state index contributed by atoms with van der Waals surface area (Å²) >= 11 is 5.85. The van der Waals surface area contributed by atoms with Gasteiger partial charge in [0.15, 0.2) is 0 Å². The highest BCUT2D eigenvalue weighted by atomic mass is 35.5. The van der Waals surface area contributed by atoms with E-state index in [9.17, 15) is 0 Å². The highest BCUT2D eigenvalue weighted by Crippen LogP contribution is 2.22. The van der Waals surface area contributed by atoms with Crippen LogP contribution in [0.1, 0.15) is 30.2 Å². The molecule has 0 N–H and O–H groups in total. The van der Waals surface area contributed by atoms with Crippen molar-refractivity contribution in [3.8, 4) is 5.88 Å². The van der Waals surface area contributed by atoms with Crippen molar-refractivity contribution in [3.05, 3.63) is 22.9 Å². The summed E-state index contributed by atoms with van der Waals surface area (Å²) in [4.78, 5) is 4.34. The molecule has 14 heavy (non-hydrogen) atoms. The molecule has 0 saturated heterocycles. The molecule has 0 bridgehead atoms. The van der Waals surface area contributed by atoms with Crippen LogP contribution >= 0.6 is 11.6 Å². The predicted molar refractivity (Wildman–Crippen MR) is 59.1 cm³/mol. The van der Waals surface area contributed by atoms with Crippen LogP contribution in [0, 0.1) is 13.8 Å². The lowest BCUT2D eigenvalue weighted by Gasteiger charge is -2.11. The first-order valence-corrected chi connectivity index (χ1v) is 5.38. The average Bonchev–Trinajstić information content (AvgIpc) is 2.14. The van der Waals surface area contributed by atoms with E-state index < -0.39 is 0 Å². The number of pyridine rings is 1. The largest absolute Gasteiger partial charge is 0.477 e. The van der Waals surface area contributed by atoms with Gasteiger partial charge in [-0.25, -0.2) is 4.98 Å². The van der Waals surface area contributed by atoms with Crippen LogP contribution in [0.15, 0.2) is 6.07 Å². The predicted octanol–water partition coefficient (Wildman–Crippen LogP) is 3.23. The number of ether oxygens (including phenoxy) is 1. The maximum Gasteiger partial charge on any atom is 0.218 e. The number of nitrogens with zero attached hydrogens (tertiary/aromatic N) is 1. The number of aromatic nitrogens is 1. The fourth-order valence-electron chi connectivity index (χ4n) is 1.31. The van der Waals surface area contributed by atoms with Crippen molar-refractivity contribution >= 4 is 11.6 Å². The van der Waals surface area contributed by atoms with Gasteiger partial charge in [-0.1, -0.05) is 6.92 Å². The van der Waals surface area contributed by atoms with Gasteiger partial charge in [-0.2, -0.15) is 0 Å². The Morgan fingerprint density at radius 1 is 1.43 bits per heavy atom. The molecular formula is C11H16ClNO. The minimum atomic E-state index is 0.457. The molecule has 78 valence electrons. The van der Waals surface area contributed by atoms with Crippen LogP contribution in [0.5, 0.6) is 5.88 Å². The van der Waals surface area contributed by atoms with Crippen LogP contribution < -0.4 is 4.74 Å². The zero-order valence-corrected chi connectivity index (χ0v) is 9.69. The number of hydrogen-bond acceptors (Lipinski definition) is 2. The van der Waals surface area contributed by atoms with Gasteiger partial charge in [-0.15, -0.1) is 11.6 Å². The van der Waals surface area contributed by atoms with E-state index in [1.165, 1.54) is 0 Å². The summed E-state index contributed by atoms with van der Waals surface area (Å²) in [6.07, 6.45) is 0.983. The lowest BCUT2D eigenvalue weighted by atomic mass is 10.1. The van der Waals surface area contributed by atoms with Gasteiger partial charge in [0, 0.05) is 11.3 Å². The molecule has 0 spiro atoms. The minimum Gasteiger partial charge on any atom is -0.477 e. The second kappa shape index (κ2) is 5.20. The van der Waals surface area contributed by atoms with Crippen LogP contribution in [-0.2, 0) is 5.88 Å². The summed E-state index contributed by atoms with van der Waals surface area (Å²) in [5.74, 6) is 1.15. The van der Waals surface area contributed by atoms with Crippen molar-refractivity contribution in [1.82, 2.24) is 4.98 Å². The summed E-state index contributed by atoms with van der Waals surface area (Å²) < 4.78 is 5.54. The Hall–Kier alpha value is -0.760. The van der Waals surface area contributed by atoms with E-state index in [1.807, 2.05) is 19.9 Å². The summed E-state index contributed by atoms with van der Waals surface area (Å²) in [6, 6.07) is 2.02. The molecule has 2 nitrogen and oxygen atoms in total. The van der Waals surface area contributed by atoms with E-state index in [0.29, 0.717) is 18.4 Å². The van der Waals surface area contributed by atoms with Gasteiger partial charge in [0.1, 0.15) is 0 Å². The van der Waals surface area contributed by atoms with Gasteiger partial charge in [0.05, 0.1) is 12.5 Å². The lowest BCUT2D eigenvalue weighted by molar-refractivity contribution is 0.302. The summed E-state index contributed by atoms with van der Waals surface area (Å²) in [6.45, 7) is 6.76. The highest BCUT2D eigenvalue weighted by molar-refractivity contribution is 6.17. The SMILES string of the molecule is CCCOc1nc(C)cc(C)c1CCl. The Labute approximate surface area is 90.3 Å². The molecule has 0 saturated carbocycles. The quantitative estimate of drug-likeness (QED) is 0.717. The Bertz CT molecular complexity index is 312. The summed E-state index contributed by atoms with van der Waals surface area (Å²) in [5.41, 5.74) is 3.13. The molecule has 0 aliphatic rings. The van der Waals surface area contributed by atoms with Crippen LogP contribution in [-0.4, -0.2) is 11.6 Å². The fraction of sp³-hybridized carbons (Fsp3) is 0.545. The number of aryl methyl sites for hydroxylation is 2. The molecule has 1 heterocycles. The lowest BCUT2D eigenvalue weighted by Crippen LogP contribution is -2.03. The molecule has 1 aromatic heterocycles. The maximum absolute atomic E-state index is 5.85. The Balaban J connectivity index is 2.99. The molecule has 0 radical (unpaired) electrons. The van der Waals surface area contributed by atoms with Crippen LogP contribution in [0.4, 0.5) is 0 Å². The van der Waals surface area contributed by atoms with Gasteiger partial charge < -0.3 is 4.74 Å². The molecule has 1 rings (SSSR count). The first-order valence-electron chi connectivity index (χ1n) is 4.85. The van der Waals surface area contributed by atoms with Gasteiger partial charge in [0.2, 0.25) is 5.88 Å². The summed E-state index contributed by atoms with van der Waals surface area (Å²) in [5, 5.41) is 0. The maximum atomic E-state index is 5.85. The zero-order chi connectivity index (χ0) is 10.6. The monoisotopic (exact) mass is 213 g/mol. The first-order chi connectivity index (χ1) is 6.69. The second-order valence-corrected chi connectivity index (χ2v) is 3.61. The topological polar surface area (TPSA) is 22.1 Å². The van der Waals surface area contributed by atoms with Crippen molar-refractivity contribution in [3.63, 3.8) is 0 Å². The highest BCUT2D eigenvalue weighted by Gasteiger charge is 2.08. The molecule has 0 fully saturated rings. The van der Waals surface area contributed by atoms with E-state index in [-0.39, 0.29) is 0 Å². The smallest absolute Gasteiger partial charge is 0.218 e. The van der Waals surface area contributed by atoms with Crippen LogP contribution in [0.3, 0.4) is 0 Å². The van der Waals surface area contributed by atoms with Gasteiger partial charge in [-0.05, 0) is 31.9 Å². The van der Waals surface area contributed by atoms with Crippen molar-refractivity contribution in [2.45, 2.75) is 33.1 Å². The fourth-order valence-corrected chi connectivity index (χ4v) is 1.63. The Morgan fingerprint density at radius 2 is 2.14 bits per heavy atom. The normalized spacial score (nSPS) is 10.3. The molecule has 0 aliphatic heterocycles. The number of alkyl halides is 1. The van der Waals surface area contributed by atoms with E-state index in [4.69, 9.17) is 16.3 Å². The van der Waals surface area contributed by atoms with E-state index in [0.717, 1.165) is 23.2 Å². The average molecular weight is 214 g/mol. The van der Waals surface area contributed by atoms with E-state index >= 15 is 0 Å². The minimum absolute atomic E-state index is 0.457. The van der Waals surface area contributed by atoms with E-state index in [2.05, 4.69) is 11.9 Å². The third-order valence-corrected chi connectivity index (χ3v) is 2.28. The number of halogens is 1. The Morgan fingerprint density at radius 3 is 2.71 bits per heavy atom. The van der Waals surface area contributed by atoms with Gasteiger partial charge >= 0.3 is 0 Å². The summed E-state index contributed by atoms with van der Waals surface area (Å²) in [7, 11) is 0. The Kier molecular flexibility index (Phi) is 4.21. The van der Waals surface area contributed by atoms with Crippen molar-refractivity contribution < 1.29 is 4.74 Å².